The van der Waals surface area contributed by atoms with Gasteiger partial charge in [-0.1, -0.05) is 26.7 Å². The molecule has 3 heteroatoms. The van der Waals surface area contributed by atoms with E-state index < -0.39 is 0 Å². The number of methoxy groups -OCH3 is 1. The van der Waals surface area contributed by atoms with E-state index in [2.05, 4.69) is 30.9 Å². The molecule has 112 valence electrons. The van der Waals surface area contributed by atoms with Crippen molar-refractivity contribution in [2.45, 2.75) is 52.1 Å². The third-order valence-electron chi connectivity index (χ3n) is 4.05. The van der Waals surface area contributed by atoms with Gasteiger partial charge in [0, 0.05) is 30.9 Å². The van der Waals surface area contributed by atoms with Crippen LogP contribution in [0.3, 0.4) is 0 Å². The van der Waals surface area contributed by atoms with Crippen LogP contribution in [0.2, 0.25) is 0 Å². The number of nitrogens with two attached hydrogens (primary N) is 1. The molecule has 0 aromatic heterocycles. The second kappa shape index (κ2) is 6.98. The SMILES string of the molecule is COc1cc(N)cc(CN(CC(C)C)C2CCCC2)c1. The van der Waals surface area contributed by atoms with Gasteiger partial charge in [-0.05, 0) is 36.5 Å². The number of hydrogen-bond acceptors (Lipinski definition) is 3. The Morgan fingerprint density at radius 2 is 1.95 bits per heavy atom. The fraction of sp³-hybridized carbons (Fsp3) is 0.647. The minimum atomic E-state index is 0.693. The minimum Gasteiger partial charge on any atom is -0.497 e. The van der Waals surface area contributed by atoms with Crippen LogP contribution < -0.4 is 10.5 Å². The molecular formula is C17H28N2O. The lowest BCUT2D eigenvalue weighted by Gasteiger charge is -2.30. The first-order chi connectivity index (χ1) is 9.58. The van der Waals surface area contributed by atoms with Gasteiger partial charge in [0.1, 0.15) is 5.75 Å². The summed E-state index contributed by atoms with van der Waals surface area (Å²) in [4.78, 5) is 2.63. The summed E-state index contributed by atoms with van der Waals surface area (Å²) in [6, 6.07) is 6.81. The van der Waals surface area contributed by atoms with Crippen LogP contribution >= 0.6 is 0 Å². The molecule has 0 spiro atoms. The summed E-state index contributed by atoms with van der Waals surface area (Å²) < 4.78 is 5.33. The maximum Gasteiger partial charge on any atom is 0.121 e. The summed E-state index contributed by atoms with van der Waals surface area (Å²) in [5.41, 5.74) is 8.01. The summed E-state index contributed by atoms with van der Waals surface area (Å²) in [6.45, 7) is 6.72. The molecule has 0 amide bonds. The van der Waals surface area contributed by atoms with E-state index in [4.69, 9.17) is 10.5 Å². The molecular weight excluding hydrogens is 248 g/mol. The lowest BCUT2D eigenvalue weighted by Crippen LogP contribution is -2.35. The second-order valence-electron chi connectivity index (χ2n) is 6.38. The van der Waals surface area contributed by atoms with Crippen LogP contribution in [0, 0.1) is 5.92 Å². The van der Waals surface area contributed by atoms with Crippen molar-refractivity contribution < 1.29 is 4.74 Å². The number of nitrogen functional groups attached to an aromatic ring is 1. The highest BCUT2D eigenvalue weighted by Gasteiger charge is 2.23. The Balaban J connectivity index is 2.11. The summed E-state index contributed by atoms with van der Waals surface area (Å²) in [6.07, 6.45) is 5.43. The third-order valence-corrected chi connectivity index (χ3v) is 4.05. The van der Waals surface area contributed by atoms with Crippen molar-refractivity contribution in [3.05, 3.63) is 23.8 Å². The van der Waals surface area contributed by atoms with Crippen molar-refractivity contribution in [2.24, 2.45) is 5.92 Å². The maximum absolute atomic E-state index is 5.97. The third kappa shape index (κ3) is 4.14. The lowest BCUT2D eigenvalue weighted by molar-refractivity contribution is 0.168. The number of ether oxygens (including phenoxy) is 1. The van der Waals surface area contributed by atoms with Crippen molar-refractivity contribution in [1.82, 2.24) is 4.90 Å². The van der Waals surface area contributed by atoms with Gasteiger partial charge in [-0.3, -0.25) is 4.90 Å². The Morgan fingerprint density at radius 1 is 1.25 bits per heavy atom. The van der Waals surface area contributed by atoms with Crippen molar-refractivity contribution in [3.8, 4) is 5.75 Å². The Hall–Kier alpha value is -1.22. The Labute approximate surface area is 123 Å². The second-order valence-corrected chi connectivity index (χ2v) is 6.38. The lowest BCUT2D eigenvalue weighted by atomic mass is 10.1. The largest absolute Gasteiger partial charge is 0.497 e. The van der Waals surface area contributed by atoms with Gasteiger partial charge >= 0.3 is 0 Å². The first-order valence-corrected chi connectivity index (χ1v) is 7.76. The molecule has 1 aromatic rings. The summed E-state index contributed by atoms with van der Waals surface area (Å²) in [7, 11) is 1.70. The van der Waals surface area contributed by atoms with Gasteiger partial charge in [-0.25, -0.2) is 0 Å². The van der Waals surface area contributed by atoms with Crippen molar-refractivity contribution in [1.29, 1.82) is 0 Å². The van der Waals surface area contributed by atoms with Crippen LogP contribution in [0.4, 0.5) is 5.69 Å². The van der Waals surface area contributed by atoms with Crippen molar-refractivity contribution in [2.75, 3.05) is 19.4 Å². The molecule has 3 nitrogen and oxygen atoms in total. The molecule has 1 aromatic carbocycles. The zero-order valence-electron chi connectivity index (χ0n) is 13.1. The average molecular weight is 276 g/mol. The van der Waals surface area contributed by atoms with E-state index in [-0.39, 0.29) is 0 Å². The highest BCUT2D eigenvalue weighted by molar-refractivity contribution is 5.47. The predicted molar refractivity (Wildman–Crippen MR) is 84.9 cm³/mol. The van der Waals surface area contributed by atoms with Gasteiger partial charge in [0.25, 0.3) is 0 Å². The Morgan fingerprint density at radius 3 is 2.55 bits per heavy atom. The first-order valence-electron chi connectivity index (χ1n) is 7.76. The first kappa shape index (κ1) is 15.2. The van der Waals surface area contributed by atoms with E-state index in [1.165, 1.54) is 31.2 Å². The smallest absolute Gasteiger partial charge is 0.121 e. The van der Waals surface area contributed by atoms with Gasteiger partial charge in [-0.15, -0.1) is 0 Å². The maximum atomic E-state index is 5.97. The number of hydrogen-bond donors (Lipinski definition) is 1. The molecule has 2 N–H and O–H groups in total. The van der Waals surface area contributed by atoms with E-state index in [0.29, 0.717) is 5.92 Å². The van der Waals surface area contributed by atoms with Crippen LogP contribution in [0.1, 0.15) is 45.1 Å². The standard InChI is InChI=1S/C17H28N2O/c1-13(2)11-19(16-6-4-5-7-16)12-14-8-15(18)10-17(9-14)20-3/h8-10,13,16H,4-7,11-12,18H2,1-3H3. The van der Waals surface area contributed by atoms with Gasteiger partial charge < -0.3 is 10.5 Å². The highest BCUT2D eigenvalue weighted by Crippen LogP contribution is 2.27. The zero-order valence-corrected chi connectivity index (χ0v) is 13.1. The average Bonchev–Trinajstić information content (AvgIpc) is 2.90. The summed E-state index contributed by atoms with van der Waals surface area (Å²) in [5, 5.41) is 0. The molecule has 20 heavy (non-hydrogen) atoms. The molecule has 1 aliphatic carbocycles. The van der Waals surface area contributed by atoms with Crippen LogP contribution in [0.25, 0.3) is 0 Å². The van der Waals surface area contributed by atoms with E-state index in [1.54, 1.807) is 7.11 Å². The molecule has 1 aliphatic rings. The molecule has 0 saturated heterocycles. The zero-order chi connectivity index (χ0) is 14.5. The molecule has 1 fully saturated rings. The van der Waals surface area contributed by atoms with Gasteiger partial charge in [-0.2, -0.15) is 0 Å². The van der Waals surface area contributed by atoms with Gasteiger partial charge in [0.15, 0.2) is 0 Å². The molecule has 0 radical (unpaired) electrons. The van der Waals surface area contributed by atoms with Crippen LogP contribution in [0.15, 0.2) is 18.2 Å². The number of rotatable bonds is 6. The number of anilines is 1. The highest BCUT2D eigenvalue weighted by atomic mass is 16.5. The molecule has 2 rings (SSSR count). The predicted octanol–water partition coefficient (Wildman–Crippen LogP) is 3.68. The van der Waals surface area contributed by atoms with Crippen molar-refractivity contribution in [3.63, 3.8) is 0 Å². The fourth-order valence-electron chi connectivity index (χ4n) is 3.21. The van der Waals surface area contributed by atoms with Crippen LogP contribution in [0.5, 0.6) is 5.75 Å². The van der Waals surface area contributed by atoms with Crippen LogP contribution in [-0.2, 0) is 6.54 Å². The van der Waals surface area contributed by atoms with Gasteiger partial charge in [0.05, 0.1) is 7.11 Å². The summed E-state index contributed by atoms with van der Waals surface area (Å²) >= 11 is 0. The van der Waals surface area contributed by atoms with E-state index in [9.17, 15) is 0 Å². The van der Waals surface area contributed by atoms with Crippen molar-refractivity contribution >= 4 is 5.69 Å². The van der Waals surface area contributed by atoms with E-state index in [0.717, 1.165) is 30.6 Å². The van der Waals surface area contributed by atoms with E-state index in [1.807, 2.05) is 6.07 Å². The van der Waals surface area contributed by atoms with Crippen LogP contribution in [-0.4, -0.2) is 24.6 Å². The Bertz CT molecular complexity index is 425. The van der Waals surface area contributed by atoms with Gasteiger partial charge in [0.2, 0.25) is 0 Å². The number of benzene rings is 1. The monoisotopic (exact) mass is 276 g/mol. The molecule has 1 saturated carbocycles. The van der Waals surface area contributed by atoms with E-state index >= 15 is 0 Å². The fourth-order valence-corrected chi connectivity index (χ4v) is 3.21. The molecule has 0 bridgehead atoms. The molecule has 0 unspecified atom stereocenters. The summed E-state index contributed by atoms with van der Waals surface area (Å²) in [5.74, 6) is 1.55. The minimum absolute atomic E-state index is 0.693. The Kier molecular flexibility index (Phi) is 5.30. The topological polar surface area (TPSA) is 38.5 Å². The molecule has 0 heterocycles. The molecule has 0 atom stereocenters. The quantitative estimate of drug-likeness (QED) is 0.806. The normalized spacial score (nSPS) is 16.2. The molecule has 0 aliphatic heterocycles. The number of nitrogens with zero attached hydrogens (tertiary/aromatic N) is 1.